The Bertz CT molecular complexity index is 582. The summed E-state index contributed by atoms with van der Waals surface area (Å²) in [6, 6.07) is 4.38. The van der Waals surface area contributed by atoms with Gasteiger partial charge in [-0.2, -0.15) is 0 Å². The molecule has 0 aliphatic carbocycles. The molecule has 0 radical (unpaired) electrons. The molecule has 0 saturated carbocycles. The first-order chi connectivity index (χ1) is 11.2. The molecule has 1 aromatic carbocycles. The number of hydrogen-bond acceptors (Lipinski definition) is 3. The second-order valence-corrected chi connectivity index (χ2v) is 5.45. The number of carbonyl (C=O) groups is 2. The molecular weight excluding hydrogens is 327 g/mol. The molecule has 3 amide bonds. The number of ether oxygens (including phenoxy) is 1. The molecule has 1 aliphatic heterocycles. The largest absolute Gasteiger partial charge is 0.573 e. The SMILES string of the molecule is CC(=O)N1CCC(NC(=O)Nc2ccc(OC(F)(F)F)cc2)CC1. The third-order valence-corrected chi connectivity index (χ3v) is 3.62. The number of carbonyl (C=O) groups excluding carboxylic acids is 2. The van der Waals surface area contributed by atoms with Crippen molar-refractivity contribution in [1.82, 2.24) is 10.2 Å². The lowest BCUT2D eigenvalue weighted by Crippen LogP contribution is -2.47. The molecule has 0 aromatic heterocycles. The molecule has 9 heteroatoms. The number of hydrogen-bond donors (Lipinski definition) is 2. The Morgan fingerprint density at radius 1 is 1.17 bits per heavy atom. The number of piperidine rings is 1. The summed E-state index contributed by atoms with van der Waals surface area (Å²) in [5.41, 5.74) is 0.350. The molecule has 1 fully saturated rings. The highest BCUT2D eigenvalue weighted by molar-refractivity contribution is 5.89. The molecule has 0 atom stereocenters. The number of anilines is 1. The van der Waals surface area contributed by atoms with Gasteiger partial charge >= 0.3 is 12.4 Å². The fourth-order valence-electron chi connectivity index (χ4n) is 2.43. The second-order valence-electron chi connectivity index (χ2n) is 5.45. The highest BCUT2D eigenvalue weighted by Gasteiger charge is 2.31. The lowest BCUT2D eigenvalue weighted by atomic mass is 10.1. The molecule has 1 aliphatic rings. The lowest BCUT2D eigenvalue weighted by molar-refractivity contribution is -0.274. The average molecular weight is 345 g/mol. The number of urea groups is 1. The lowest BCUT2D eigenvalue weighted by Gasteiger charge is -2.31. The van der Waals surface area contributed by atoms with Gasteiger partial charge in [0.2, 0.25) is 5.91 Å². The van der Waals surface area contributed by atoms with Gasteiger partial charge in [0, 0.05) is 31.7 Å². The quantitative estimate of drug-likeness (QED) is 0.885. The van der Waals surface area contributed by atoms with Crippen LogP contribution in [0.2, 0.25) is 0 Å². The Kier molecular flexibility index (Phi) is 5.53. The maximum atomic E-state index is 12.1. The predicted octanol–water partition coefficient (Wildman–Crippen LogP) is 2.72. The number of nitrogens with one attached hydrogen (secondary N) is 2. The Morgan fingerprint density at radius 3 is 2.25 bits per heavy atom. The van der Waals surface area contributed by atoms with E-state index >= 15 is 0 Å². The third-order valence-electron chi connectivity index (χ3n) is 3.62. The van der Waals surface area contributed by atoms with Gasteiger partial charge < -0.3 is 20.3 Å². The van der Waals surface area contributed by atoms with E-state index in [1.54, 1.807) is 4.90 Å². The van der Waals surface area contributed by atoms with Crippen LogP contribution in [-0.2, 0) is 4.79 Å². The van der Waals surface area contributed by atoms with E-state index < -0.39 is 12.4 Å². The predicted molar refractivity (Wildman–Crippen MR) is 80.6 cm³/mol. The molecule has 24 heavy (non-hydrogen) atoms. The Labute approximate surface area is 137 Å². The van der Waals surface area contributed by atoms with Crippen LogP contribution in [0.15, 0.2) is 24.3 Å². The van der Waals surface area contributed by atoms with E-state index in [1.807, 2.05) is 0 Å². The Balaban J connectivity index is 1.79. The number of likely N-dealkylation sites (tertiary alicyclic amines) is 1. The van der Waals surface area contributed by atoms with Gasteiger partial charge in [-0.3, -0.25) is 4.79 Å². The van der Waals surface area contributed by atoms with Crippen molar-refractivity contribution >= 4 is 17.6 Å². The standard InChI is InChI=1S/C15H18F3N3O3/c1-10(22)21-8-6-12(7-9-21)20-14(23)19-11-2-4-13(5-3-11)24-15(16,17)18/h2-5,12H,6-9H2,1H3,(H2,19,20,23). The maximum absolute atomic E-state index is 12.1. The van der Waals surface area contributed by atoms with Crippen molar-refractivity contribution in [3.8, 4) is 5.75 Å². The molecule has 1 heterocycles. The molecule has 132 valence electrons. The van der Waals surface area contributed by atoms with Crippen LogP contribution in [0.4, 0.5) is 23.7 Å². The number of nitrogens with zero attached hydrogens (tertiary/aromatic N) is 1. The zero-order chi connectivity index (χ0) is 17.7. The first-order valence-electron chi connectivity index (χ1n) is 7.42. The normalized spacial score (nSPS) is 15.8. The number of halogens is 3. The third kappa shape index (κ3) is 5.64. The monoisotopic (exact) mass is 345 g/mol. The summed E-state index contributed by atoms with van der Waals surface area (Å²) in [4.78, 5) is 24.8. The Hall–Kier alpha value is -2.45. The maximum Gasteiger partial charge on any atom is 0.573 e. The van der Waals surface area contributed by atoms with Crippen molar-refractivity contribution in [2.45, 2.75) is 32.2 Å². The first kappa shape index (κ1) is 17.9. The van der Waals surface area contributed by atoms with Crippen molar-refractivity contribution in [3.63, 3.8) is 0 Å². The summed E-state index contributed by atoms with van der Waals surface area (Å²) in [6.45, 7) is 2.68. The van der Waals surface area contributed by atoms with Gasteiger partial charge in [0.05, 0.1) is 0 Å². The van der Waals surface area contributed by atoms with Crippen LogP contribution in [-0.4, -0.2) is 42.3 Å². The fraction of sp³-hybridized carbons (Fsp3) is 0.467. The molecule has 0 bridgehead atoms. The minimum absolute atomic E-state index is 0.0130. The van der Waals surface area contributed by atoms with E-state index in [4.69, 9.17) is 0 Å². The van der Waals surface area contributed by atoms with E-state index in [0.717, 1.165) is 12.1 Å². The van der Waals surface area contributed by atoms with E-state index in [1.165, 1.54) is 19.1 Å². The van der Waals surface area contributed by atoms with E-state index in [9.17, 15) is 22.8 Å². The number of amides is 3. The van der Waals surface area contributed by atoms with Crippen LogP contribution < -0.4 is 15.4 Å². The van der Waals surface area contributed by atoms with Crippen LogP contribution in [0, 0.1) is 0 Å². The minimum Gasteiger partial charge on any atom is -0.406 e. The summed E-state index contributed by atoms with van der Waals surface area (Å²) < 4.78 is 39.9. The second kappa shape index (κ2) is 7.41. The van der Waals surface area contributed by atoms with Gasteiger partial charge in [-0.05, 0) is 37.1 Å². The highest BCUT2D eigenvalue weighted by atomic mass is 19.4. The number of rotatable bonds is 3. The van der Waals surface area contributed by atoms with Gasteiger partial charge in [-0.15, -0.1) is 13.2 Å². The van der Waals surface area contributed by atoms with Gasteiger partial charge in [0.1, 0.15) is 5.75 Å². The van der Waals surface area contributed by atoms with Crippen molar-refractivity contribution < 1.29 is 27.5 Å². The molecule has 0 unspecified atom stereocenters. The molecule has 2 rings (SSSR count). The molecule has 6 nitrogen and oxygen atoms in total. The summed E-state index contributed by atoms with van der Waals surface area (Å²) in [5.74, 6) is -0.343. The minimum atomic E-state index is -4.75. The van der Waals surface area contributed by atoms with Crippen LogP contribution >= 0.6 is 0 Å². The molecule has 0 spiro atoms. The van der Waals surface area contributed by atoms with Gasteiger partial charge in [0.25, 0.3) is 0 Å². The molecule has 2 N–H and O–H groups in total. The van der Waals surface area contributed by atoms with Crippen LogP contribution in [0.1, 0.15) is 19.8 Å². The van der Waals surface area contributed by atoms with Gasteiger partial charge in [-0.1, -0.05) is 0 Å². The van der Waals surface area contributed by atoms with Crippen molar-refractivity contribution in [1.29, 1.82) is 0 Å². The highest BCUT2D eigenvalue weighted by Crippen LogP contribution is 2.24. The first-order valence-corrected chi connectivity index (χ1v) is 7.42. The topological polar surface area (TPSA) is 70.7 Å². The van der Waals surface area contributed by atoms with Gasteiger partial charge in [-0.25, -0.2) is 4.79 Å². The molecule has 1 saturated heterocycles. The Morgan fingerprint density at radius 2 is 1.75 bits per heavy atom. The van der Waals surface area contributed by atoms with Gasteiger partial charge in [0.15, 0.2) is 0 Å². The summed E-state index contributed by atoms with van der Waals surface area (Å²) in [5, 5.41) is 5.33. The number of alkyl halides is 3. The fourth-order valence-corrected chi connectivity index (χ4v) is 2.43. The average Bonchev–Trinajstić information content (AvgIpc) is 2.48. The zero-order valence-corrected chi connectivity index (χ0v) is 13.0. The van der Waals surface area contributed by atoms with Crippen molar-refractivity contribution in [3.05, 3.63) is 24.3 Å². The van der Waals surface area contributed by atoms with Crippen molar-refractivity contribution in [2.75, 3.05) is 18.4 Å². The smallest absolute Gasteiger partial charge is 0.406 e. The van der Waals surface area contributed by atoms with E-state index in [2.05, 4.69) is 15.4 Å². The summed E-state index contributed by atoms with van der Waals surface area (Å²) >= 11 is 0. The number of benzene rings is 1. The van der Waals surface area contributed by atoms with Crippen LogP contribution in [0.3, 0.4) is 0 Å². The molecule has 1 aromatic rings. The van der Waals surface area contributed by atoms with Crippen LogP contribution in [0.5, 0.6) is 5.75 Å². The van der Waals surface area contributed by atoms with E-state index in [-0.39, 0.29) is 17.7 Å². The summed E-state index contributed by atoms with van der Waals surface area (Å²) in [7, 11) is 0. The van der Waals surface area contributed by atoms with Crippen LogP contribution in [0.25, 0.3) is 0 Å². The van der Waals surface area contributed by atoms with E-state index in [0.29, 0.717) is 31.6 Å². The molecular formula is C15H18F3N3O3. The summed E-state index contributed by atoms with van der Waals surface area (Å²) in [6.07, 6.45) is -3.43. The zero-order valence-electron chi connectivity index (χ0n) is 13.0. The van der Waals surface area contributed by atoms with Crippen molar-refractivity contribution in [2.24, 2.45) is 0 Å².